The van der Waals surface area contributed by atoms with Crippen molar-refractivity contribution in [2.45, 2.75) is 58.0 Å². The smallest absolute Gasteiger partial charge is 0.404 e. The Hall–Kier alpha value is -0.240. The highest BCUT2D eigenvalue weighted by Crippen LogP contribution is 2.64. The van der Waals surface area contributed by atoms with E-state index in [4.69, 9.17) is 16.3 Å². The van der Waals surface area contributed by atoms with Crippen LogP contribution in [0.25, 0.3) is 0 Å². The van der Waals surface area contributed by atoms with Crippen LogP contribution in [-0.4, -0.2) is 11.0 Å². The van der Waals surface area contributed by atoms with E-state index >= 15 is 0 Å². The molecule has 0 spiro atoms. The number of hydrogen-bond acceptors (Lipinski definition) is 2. The van der Waals surface area contributed by atoms with Crippen molar-refractivity contribution < 1.29 is 9.53 Å². The molecule has 0 aliphatic heterocycles. The topological polar surface area (TPSA) is 26.3 Å². The Labute approximate surface area is 108 Å². The van der Waals surface area contributed by atoms with Crippen molar-refractivity contribution in [2.24, 2.45) is 23.2 Å². The van der Waals surface area contributed by atoms with E-state index < -0.39 is 11.0 Å². The number of carbonyl (C=O) groups excluding carboxylic acids is 1. The van der Waals surface area contributed by atoms with Crippen molar-refractivity contribution in [3.8, 4) is 0 Å². The van der Waals surface area contributed by atoms with Crippen LogP contribution in [0.1, 0.15) is 52.4 Å². The summed E-state index contributed by atoms with van der Waals surface area (Å²) < 4.78 is 5.45. The molecular weight excluding hydrogens is 236 g/mol. The molecule has 0 atom stereocenters. The molecule has 0 amide bonds. The quantitative estimate of drug-likeness (QED) is 0.687. The van der Waals surface area contributed by atoms with Crippen molar-refractivity contribution in [1.82, 2.24) is 0 Å². The van der Waals surface area contributed by atoms with Gasteiger partial charge in [-0.3, -0.25) is 0 Å². The third kappa shape index (κ3) is 1.80. The molecule has 0 radical (unpaired) electrons. The number of halogens is 1. The second kappa shape index (κ2) is 3.63. The molecular formula is C14H21ClO2. The molecule has 4 rings (SSSR count). The lowest BCUT2D eigenvalue weighted by Gasteiger charge is -2.61. The zero-order valence-electron chi connectivity index (χ0n) is 10.7. The van der Waals surface area contributed by atoms with Crippen LogP contribution in [0.2, 0.25) is 0 Å². The van der Waals surface area contributed by atoms with Gasteiger partial charge in [-0.2, -0.15) is 0 Å². The van der Waals surface area contributed by atoms with Crippen LogP contribution < -0.4 is 0 Å². The summed E-state index contributed by atoms with van der Waals surface area (Å²) in [5, 5.41) is 0. The van der Waals surface area contributed by atoms with Crippen molar-refractivity contribution in [1.29, 1.82) is 0 Å². The van der Waals surface area contributed by atoms with Crippen LogP contribution in [0.15, 0.2) is 0 Å². The summed E-state index contributed by atoms with van der Waals surface area (Å²) in [6.07, 6.45) is 7.92. The van der Waals surface area contributed by atoms with Crippen molar-refractivity contribution >= 4 is 17.0 Å². The first kappa shape index (κ1) is 11.8. The van der Waals surface area contributed by atoms with E-state index in [-0.39, 0.29) is 5.41 Å². The Morgan fingerprint density at radius 3 is 1.88 bits per heavy atom. The van der Waals surface area contributed by atoms with Gasteiger partial charge < -0.3 is 4.74 Å². The van der Waals surface area contributed by atoms with Gasteiger partial charge in [0.15, 0.2) is 0 Å². The van der Waals surface area contributed by atoms with Gasteiger partial charge in [-0.15, -0.1) is 0 Å². The minimum absolute atomic E-state index is 0.201. The Balaban J connectivity index is 1.88. The summed E-state index contributed by atoms with van der Waals surface area (Å²) in [6.45, 7) is 4.11. The molecule has 2 nitrogen and oxygen atoms in total. The maximum Gasteiger partial charge on any atom is 0.404 e. The molecule has 0 unspecified atom stereocenters. The largest absolute Gasteiger partial charge is 0.447 e. The van der Waals surface area contributed by atoms with Crippen molar-refractivity contribution in [3.05, 3.63) is 0 Å². The second-order valence-electron chi connectivity index (χ2n) is 7.05. The van der Waals surface area contributed by atoms with Gasteiger partial charge in [-0.1, -0.05) is 0 Å². The van der Waals surface area contributed by atoms with Gasteiger partial charge in [0, 0.05) is 17.0 Å². The van der Waals surface area contributed by atoms with E-state index in [0.29, 0.717) is 0 Å². The monoisotopic (exact) mass is 256 g/mol. The minimum atomic E-state index is -0.647. The predicted molar refractivity (Wildman–Crippen MR) is 67.0 cm³/mol. The molecule has 0 aromatic heterocycles. The van der Waals surface area contributed by atoms with E-state index in [1.807, 2.05) is 0 Å². The first-order valence-electron chi connectivity index (χ1n) is 6.79. The third-order valence-electron chi connectivity index (χ3n) is 5.65. The molecule has 4 aliphatic rings. The molecule has 0 aromatic rings. The SMILES string of the molecule is CC(C)(OC(=O)Cl)C12CC3CC(CC(C3)C1)C2. The fraction of sp³-hybridized carbons (Fsp3) is 0.929. The highest BCUT2D eigenvalue weighted by molar-refractivity contribution is 6.61. The molecule has 0 N–H and O–H groups in total. The molecule has 4 fully saturated rings. The summed E-state index contributed by atoms with van der Waals surface area (Å²) in [4.78, 5) is 11.1. The van der Waals surface area contributed by atoms with Gasteiger partial charge in [0.1, 0.15) is 5.60 Å². The van der Waals surface area contributed by atoms with Crippen LogP contribution in [0.4, 0.5) is 4.79 Å². The first-order chi connectivity index (χ1) is 7.90. The summed E-state index contributed by atoms with van der Waals surface area (Å²) in [5.74, 6) is 2.61. The van der Waals surface area contributed by atoms with E-state index in [2.05, 4.69) is 13.8 Å². The molecule has 4 aliphatic carbocycles. The van der Waals surface area contributed by atoms with Crippen molar-refractivity contribution in [3.63, 3.8) is 0 Å². The number of ether oxygens (including phenoxy) is 1. The zero-order valence-corrected chi connectivity index (χ0v) is 11.4. The van der Waals surface area contributed by atoms with Crippen LogP contribution in [0, 0.1) is 23.2 Å². The lowest BCUT2D eigenvalue weighted by Crippen LogP contribution is -2.57. The Bertz CT molecular complexity index is 313. The minimum Gasteiger partial charge on any atom is -0.447 e. The van der Waals surface area contributed by atoms with Crippen molar-refractivity contribution in [2.75, 3.05) is 0 Å². The van der Waals surface area contributed by atoms with Crippen LogP contribution in [-0.2, 0) is 4.74 Å². The lowest BCUT2D eigenvalue weighted by atomic mass is 9.46. The maximum atomic E-state index is 11.1. The molecule has 17 heavy (non-hydrogen) atoms. The standard InChI is InChI=1S/C14H21ClO2/c1-13(2,17-12(15)16)14-6-9-3-10(7-14)5-11(4-9)8-14/h9-11H,3-8H2,1-2H3. The van der Waals surface area contributed by atoms with Crippen LogP contribution >= 0.6 is 11.6 Å². The normalized spacial score (nSPS) is 43.8. The number of carbonyl (C=O) groups is 1. The average molecular weight is 257 g/mol. The second-order valence-corrected chi connectivity index (χ2v) is 7.36. The number of rotatable bonds is 2. The van der Waals surface area contributed by atoms with Gasteiger partial charge in [0.05, 0.1) is 0 Å². The van der Waals surface area contributed by atoms with E-state index in [1.54, 1.807) is 0 Å². The zero-order chi connectivity index (χ0) is 12.3. The molecule has 4 bridgehead atoms. The molecule has 0 saturated heterocycles. The molecule has 0 heterocycles. The third-order valence-corrected chi connectivity index (χ3v) is 5.73. The molecule has 4 saturated carbocycles. The predicted octanol–water partition coefficient (Wildman–Crippen LogP) is 4.36. The molecule has 0 aromatic carbocycles. The summed E-state index contributed by atoms with van der Waals surface area (Å²) >= 11 is 5.44. The summed E-state index contributed by atoms with van der Waals surface area (Å²) in [5.41, 5.74) is -0.848. The van der Waals surface area contributed by atoms with E-state index in [0.717, 1.165) is 17.8 Å². The van der Waals surface area contributed by atoms with Gasteiger partial charge in [-0.25, -0.2) is 4.79 Å². The fourth-order valence-corrected chi connectivity index (χ4v) is 5.35. The van der Waals surface area contributed by atoms with E-state index in [9.17, 15) is 4.79 Å². The Morgan fingerprint density at radius 2 is 1.53 bits per heavy atom. The molecule has 3 heteroatoms. The van der Waals surface area contributed by atoms with Gasteiger partial charge >= 0.3 is 5.43 Å². The van der Waals surface area contributed by atoms with Gasteiger partial charge in [0.25, 0.3) is 0 Å². The highest BCUT2D eigenvalue weighted by atomic mass is 35.5. The van der Waals surface area contributed by atoms with Crippen LogP contribution in [0.5, 0.6) is 0 Å². The summed E-state index contributed by atoms with van der Waals surface area (Å²) in [7, 11) is 0. The number of hydrogen-bond donors (Lipinski definition) is 0. The Morgan fingerprint density at radius 1 is 1.12 bits per heavy atom. The first-order valence-corrected chi connectivity index (χ1v) is 7.16. The van der Waals surface area contributed by atoms with Crippen LogP contribution in [0.3, 0.4) is 0 Å². The van der Waals surface area contributed by atoms with E-state index in [1.165, 1.54) is 38.5 Å². The highest BCUT2D eigenvalue weighted by Gasteiger charge is 2.58. The average Bonchev–Trinajstić information content (AvgIpc) is 2.12. The Kier molecular flexibility index (Phi) is 2.52. The lowest BCUT2D eigenvalue weighted by molar-refractivity contribution is -0.159. The van der Waals surface area contributed by atoms with Gasteiger partial charge in [0.2, 0.25) is 0 Å². The fourth-order valence-electron chi connectivity index (χ4n) is 5.16. The maximum absolute atomic E-state index is 11.1. The summed E-state index contributed by atoms with van der Waals surface area (Å²) in [6, 6.07) is 0. The van der Waals surface area contributed by atoms with Gasteiger partial charge in [-0.05, 0) is 70.1 Å². The molecule has 96 valence electrons.